The molecule has 0 spiro atoms. The first-order valence-corrected chi connectivity index (χ1v) is 8.21. The van der Waals surface area contributed by atoms with Crippen molar-refractivity contribution < 1.29 is 14.6 Å². The zero-order valence-corrected chi connectivity index (χ0v) is 14.2. The van der Waals surface area contributed by atoms with Crippen molar-refractivity contribution >= 4 is 28.2 Å². The van der Waals surface area contributed by atoms with Gasteiger partial charge in [-0.15, -0.1) is 0 Å². The maximum Gasteiger partial charge on any atom is 0.277 e. The standard InChI is InChI=1S/C18H16N4O5/c23-18(14-10-15(21(24)25)12-16(11-14)22(26)27)19-7-3-8-20-9-6-13-4-1-2-5-17(13)20/h1-2,4-6,9-12H,3,7-8H2,(H,19,23). The van der Waals surface area contributed by atoms with E-state index in [1.165, 1.54) is 0 Å². The summed E-state index contributed by atoms with van der Waals surface area (Å²) in [6.07, 6.45) is 2.61. The molecule has 9 nitrogen and oxygen atoms in total. The predicted octanol–water partition coefficient (Wildman–Crippen LogP) is 3.28. The van der Waals surface area contributed by atoms with Crippen molar-refractivity contribution in [2.24, 2.45) is 0 Å². The number of benzene rings is 2. The maximum absolute atomic E-state index is 12.2. The molecule has 1 heterocycles. The number of nitrogens with one attached hydrogen (secondary N) is 1. The second-order valence-electron chi connectivity index (χ2n) is 5.93. The summed E-state index contributed by atoms with van der Waals surface area (Å²) < 4.78 is 2.07. The summed E-state index contributed by atoms with van der Waals surface area (Å²) >= 11 is 0. The first kappa shape index (κ1) is 18.1. The molecule has 0 atom stereocenters. The highest BCUT2D eigenvalue weighted by Gasteiger charge is 2.19. The summed E-state index contributed by atoms with van der Waals surface area (Å²) in [5, 5.41) is 25.6. The highest BCUT2D eigenvalue weighted by molar-refractivity contribution is 5.95. The van der Waals surface area contributed by atoms with Gasteiger partial charge in [0.05, 0.1) is 21.5 Å². The van der Waals surface area contributed by atoms with Crippen LogP contribution in [0.2, 0.25) is 0 Å². The Labute approximate surface area is 153 Å². The summed E-state index contributed by atoms with van der Waals surface area (Å²) in [5.41, 5.74) is 0.00164. The lowest BCUT2D eigenvalue weighted by molar-refractivity contribution is -0.394. The molecule has 9 heteroatoms. The number of hydrogen-bond acceptors (Lipinski definition) is 5. The first-order valence-electron chi connectivity index (χ1n) is 8.21. The van der Waals surface area contributed by atoms with Crippen LogP contribution in [0.5, 0.6) is 0 Å². The number of nitro benzene ring substituents is 2. The van der Waals surface area contributed by atoms with Crippen molar-refractivity contribution in [3.63, 3.8) is 0 Å². The normalized spacial score (nSPS) is 10.7. The number of para-hydroxylation sites is 1. The summed E-state index contributed by atoms with van der Waals surface area (Å²) in [6, 6.07) is 12.8. The Hall–Kier alpha value is -3.75. The monoisotopic (exact) mass is 368 g/mol. The van der Waals surface area contributed by atoms with Gasteiger partial charge in [-0.25, -0.2) is 0 Å². The Kier molecular flexibility index (Phi) is 5.11. The van der Waals surface area contributed by atoms with Crippen LogP contribution in [0.4, 0.5) is 11.4 Å². The number of amides is 1. The molecular weight excluding hydrogens is 352 g/mol. The van der Waals surface area contributed by atoms with Crippen LogP contribution in [0.15, 0.2) is 54.7 Å². The van der Waals surface area contributed by atoms with Crippen LogP contribution in [-0.4, -0.2) is 26.9 Å². The van der Waals surface area contributed by atoms with Crippen LogP contribution < -0.4 is 5.32 Å². The molecule has 138 valence electrons. The van der Waals surface area contributed by atoms with Crippen molar-refractivity contribution in [2.75, 3.05) is 6.54 Å². The molecule has 0 saturated carbocycles. The Morgan fingerprint density at radius 3 is 2.33 bits per heavy atom. The molecule has 3 rings (SSSR count). The van der Waals surface area contributed by atoms with Gasteiger partial charge in [-0.05, 0) is 23.9 Å². The smallest absolute Gasteiger partial charge is 0.277 e. The third-order valence-electron chi connectivity index (χ3n) is 4.13. The molecule has 0 aliphatic carbocycles. The molecule has 0 aliphatic heterocycles. The van der Waals surface area contributed by atoms with Crippen molar-refractivity contribution in [3.05, 3.63) is 80.5 Å². The lowest BCUT2D eigenvalue weighted by atomic mass is 10.1. The molecular formula is C18H16N4O5. The van der Waals surface area contributed by atoms with Crippen LogP contribution in [-0.2, 0) is 6.54 Å². The minimum atomic E-state index is -0.763. The van der Waals surface area contributed by atoms with E-state index in [9.17, 15) is 25.0 Å². The molecule has 2 aromatic carbocycles. The average molecular weight is 368 g/mol. The van der Waals surface area contributed by atoms with Gasteiger partial charge in [0, 0.05) is 36.9 Å². The van der Waals surface area contributed by atoms with E-state index in [-0.39, 0.29) is 5.56 Å². The average Bonchev–Trinajstić information content (AvgIpc) is 3.07. The van der Waals surface area contributed by atoms with E-state index in [0.29, 0.717) is 19.5 Å². The van der Waals surface area contributed by atoms with Crippen LogP contribution in [0.25, 0.3) is 10.9 Å². The molecule has 0 aliphatic rings. The fourth-order valence-electron chi connectivity index (χ4n) is 2.83. The van der Waals surface area contributed by atoms with E-state index in [1.807, 2.05) is 36.5 Å². The quantitative estimate of drug-likeness (QED) is 0.390. The molecule has 0 fully saturated rings. The molecule has 0 radical (unpaired) electrons. The number of non-ortho nitro benzene ring substituents is 2. The molecule has 0 bridgehead atoms. The number of fused-ring (bicyclic) bond motifs is 1. The minimum Gasteiger partial charge on any atom is -0.352 e. The predicted molar refractivity (Wildman–Crippen MR) is 98.6 cm³/mol. The second-order valence-corrected chi connectivity index (χ2v) is 5.93. The largest absolute Gasteiger partial charge is 0.352 e. The topological polar surface area (TPSA) is 120 Å². The summed E-state index contributed by atoms with van der Waals surface area (Å²) in [6.45, 7) is 1.02. The van der Waals surface area contributed by atoms with Gasteiger partial charge in [-0.2, -0.15) is 0 Å². The third-order valence-corrected chi connectivity index (χ3v) is 4.13. The zero-order chi connectivity index (χ0) is 19.4. The zero-order valence-electron chi connectivity index (χ0n) is 14.2. The third kappa shape index (κ3) is 4.09. The number of nitrogens with zero attached hydrogens (tertiary/aromatic N) is 3. The van der Waals surface area contributed by atoms with E-state index >= 15 is 0 Å². The van der Waals surface area contributed by atoms with Crippen molar-refractivity contribution in [2.45, 2.75) is 13.0 Å². The van der Waals surface area contributed by atoms with Gasteiger partial charge in [0.15, 0.2) is 0 Å². The number of carbonyl (C=O) groups is 1. The van der Waals surface area contributed by atoms with Gasteiger partial charge in [-0.1, -0.05) is 18.2 Å². The number of nitro groups is 2. The SMILES string of the molecule is O=C(NCCCn1ccc2ccccc21)c1cc([N+](=O)[O-])cc([N+](=O)[O-])c1. The summed E-state index contributed by atoms with van der Waals surface area (Å²) in [7, 11) is 0. The van der Waals surface area contributed by atoms with Gasteiger partial charge in [0.25, 0.3) is 17.3 Å². The summed E-state index contributed by atoms with van der Waals surface area (Å²) in [4.78, 5) is 32.5. The number of rotatable bonds is 7. The Balaban J connectivity index is 1.62. The van der Waals surface area contributed by atoms with Gasteiger partial charge in [0.1, 0.15) is 0 Å². The number of hydrogen-bond donors (Lipinski definition) is 1. The van der Waals surface area contributed by atoms with E-state index < -0.39 is 27.1 Å². The number of aryl methyl sites for hydroxylation is 1. The summed E-state index contributed by atoms with van der Waals surface area (Å²) in [5.74, 6) is -0.584. The van der Waals surface area contributed by atoms with Gasteiger partial charge in [0.2, 0.25) is 0 Å². The molecule has 1 amide bonds. The van der Waals surface area contributed by atoms with Gasteiger partial charge in [-0.3, -0.25) is 25.0 Å². The van der Waals surface area contributed by atoms with Crippen molar-refractivity contribution in [3.8, 4) is 0 Å². The minimum absolute atomic E-state index is 0.109. The van der Waals surface area contributed by atoms with Crippen LogP contribution in [0, 0.1) is 20.2 Å². The second kappa shape index (κ2) is 7.65. The van der Waals surface area contributed by atoms with E-state index in [0.717, 1.165) is 29.1 Å². The van der Waals surface area contributed by atoms with Crippen LogP contribution in [0.3, 0.4) is 0 Å². The lowest BCUT2D eigenvalue weighted by Crippen LogP contribution is -2.25. The van der Waals surface area contributed by atoms with Crippen molar-refractivity contribution in [1.82, 2.24) is 9.88 Å². The Morgan fingerprint density at radius 2 is 1.67 bits per heavy atom. The highest BCUT2D eigenvalue weighted by Crippen LogP contribution is 2.22. The Morgan fingerprint density at radius 1 is 1.00 bits per heavy atom. The van der Waals surface area contributed by atoms with E-state index in [4.69, 9.17) is 0 Å². The maximum atomic E-state index is 12.2. The molecule has 1 aromatic heterocycles. The van der Waals surface area contributed by atoms with E-state index in [1.54, 1.807) is 0 Å². The first-order chi connectivity index (χ1) is 13.0. The molecule has 0 saturated heterocycles. The van der Waals surface area contributed by atoms with Crippen molar-refractivity contribution in [1.29, 1.82) is 0 Å². The van der Waals surface area contributed by atoms with Gasteiger partial charge >= 0.3 is 0 Å². The number of aromatic nitrogens is 1. The van der Waals surface area contributed by atoms with Crippen LogP contribution in [0.1, 0.15) is 16.8 Å². The fraction of sp³-hybridized carbons (Fsp3) is 0.167. The molecule has 3 aromatic rings. The highest BCUT2D eigenvalue weighted by atomic mass is 16.6. The lowest BCUT2D eigenvalue weighted by Gasteiger charge is -2.07. The van der Waals surface area contributed by atoms with Crippen LogP contribution >= 0.6 is 0 Å². The number of carbonyl (C=O) groups excluding carboxylic acids is 1. The van der Waals surface area contributed by atoms with Gasteiger partial charge < -0.3 is 9.88 Å². The Bertz CT molecular complexity index is 995. The molecule has 27 heavy (non-hydrogen) atoms. The van der Waals surface area contributed by atoms with E-state index in [2.05, 4.69) is 9.88 Å². The molecule has 1 N–H and O–H groups in total. The fourth-order valence-corrected chi connectivity index (χ4v) is 2.83. The molecule has 0 unspecified atom stereocenters.